The third kappa shape index (κ3) is 3.01. The summed E-state index contributed by atoms with van der Waals surface area (Å²) in [5.74, 6) is 0.413. The molecule has 0 radical (unpaired) electrons. The van der Waals surface area contributed by atoms with Crippen molar-refractivity contribution in [2.75, 3.05) is 0 Å². The average molecular weight is 278 g/mol. The summed E-state index contributed by atoms with van der Waals surface area (Å²) in [6.45, 7) is -1.38. The molecular formula is C14H16F2N4. The van der Waals surface area contributed by atoms with E-state index in [-0.39, 0.29) is 0 Å². The van der Waals surface area contributed by atoms with Gasteiger partial charge in [0.25, 0.3) is 0 Å². The van der Waals surface area contributed by atoms with Crippen LogP contribution in [0.1, 0.15) is 30.8 Å². The molecule has 0 bridgehead atoms. The van der Waals surface area contributed by atoms with E-state index < -0.39 is 6.55 Å². The van der Waals surface area contributed by atoms with E-state index in [2.05, 4.69) is 14.9 Å². The molecule has 1 saturated carbocycles. The summed E-state index contributed by atoms with van der Waals surface area (Å²) >= 11 is 0. The van der Waals surface area contributed by atoms with Crippen LogP contribution in [0.5, 0.6) is 0 Å². The fourth-order valence-electron chi connectivity index (χ4n) is 2.31. The van der Waals surface area contributed by atoms with Crippen molar-refractivity contribution in [3.05, 3.63) is 48.3 Å². The maximum atomic E-state index is 12.8. The molecule has 0 spiro atoms. The zero-order valence-corrected chi connectivity index (χ0v) is 11.0. The first-order valence-corrected chi connectivity index (χ1v) is 6.67. The van der Waals surface area contributed by atoms with Gasteiger partial charge in [0.2, 0.25) is 0 Å². The summed E-state index contributed by atoms with van der Waals surface area (Å²) in [7, 11) is 0. The lowest BCUT2D eigenvalue weighted by atomic mass is 10.2. The third-order valence-electron chi connectivity index (χ3n) is 3.48. The van der Waals surface area contributed by atoms with Gasteiger partial charge in [-0.05, 0) is 24.5 Å². The number of hydrogen-bond acceptors (Lipinski definition) is 3. The molecule has 1 aliphatic carbocycles. The van der Waals surface area contributed by atoms with Crippen molar-refractivity contribution in [3.8, 4) is 0 Å². The van der Waals surface area contributed by atoms with E-state index in [9.17, 15) is 8.78 Å². The Morgan fingerprint density at radius 3 is 2.80 bits per heavy atom. The second-order valence-electron chi connectivity index (χ2n) is 5.03. The van der Waals surface area contributed by atoms with Crippen LogP contribution in [-0.2, 0) is 13.1 Å². The first kappa shape index (κ1) is 13.2. The molecule has 0 unspecified atom stereocenters. The maximum absolute atomic E-state index is 12.8. The van der Waals surface area contributed by atoms with Gasteiger partial charge in [-0.1, -0.05) is 6.07 Å². The molecule has 0 N–H and O–H groups in total. The molecule has 20 heavy (non-hydrogen) atoms. The normalized spacial score (nSPS) is 15.2. The number of rotatable bonds is 6. The molecule has 4 nitrogen and oxygen atoms in total. The SMILES string of the molecule is FC(F)n1ccnc1CN(Cc1cccnc1)C1CC1. The fraction of sp³-hybridized carbons (Fsp3) is 0.429. The van der Waals surface area contributed by atoms with Crippen molar-refractivity contribution in [1.29, 1.82) is 0 Å². The van der Waals surface area contributed by atoms with E-state index in [0.717, 1.165) is 23.0 Å². The van der Waals surface area contributed by atoms with E-state index in [1.807, 2.05) is 18.3 Å². The van der Waals surface area contributed by atoms with E-state index in [1.54, 1.807) is 6.20 Å². The van der Waals surface area contributed by atoms with Gasteiger partial charge in [0.15, 0.2) is 0 Å². The highest BCUT2D eigenvalue weighted by Gasteiger charge is 2.30. The summed E-state index contributed by atoms with van der Waals surface area (Å²) in [6, 6.07) is 4.36. The van der Waals surface area contributed by atoms with Crippen molar-refractivity contribution in [2.45, 2.75) is 38.5 Å². The summed E-state index contributed by atoms with van der Waals surface area (Å²) in [6.07, 6.45) is 8.54. The molecule has 1 fully saturated rings. The second kappa shape index (κ2) is 5.66. The van der Waals surface area contributed by atoms with Crippen molar-refractivity contribution in [1.82, 2.24) is 19.4 Å². The molecule has 0 saturated heterocycles. The Labute approximate surface area is 116 Å². The Morgan fingerprint density at radius 2 is 2.15 bits per heavy atom. The molecular weight excluding hydrogens is 262 g/mol. The van der Waals surface area contributed by atoms with Crippen LogP contribution in [0.25, 0.3) is 0 Å². The van der Waals surface area contributed by atoms with Crippen LogP contribution < -0.4 is 0 Å². The van der Waals surface area contributed by atoms with Crippen molar-refractivity contribution in [2.24, 2.45) is 0 Å². The molecule has 0 atom stereocenters. The van der Waals surface area contributed by atoms with Gasteiger partial charge in [0.05, 0.1) is 6.54 Å². The predicted octanol–water partition coefficient (Wildman–Crippen LogP) is 2.84. The topological polar surface area (TPSA) is 34.0 Å². The van der Waals surface area contributed by atoms with Crippen LogP contribution in [-0.4, -0.2) is 25.5 Å². The summed E-state index contributed by atoms with van der Waals surface area (Å²) in [4.78, 5) is 10.3. The quantitative estimate of drug-likeness (QED) is 0.814. The Bertz CT molecular complexity index is 551. The molecule has 2 aromatic heterocycles. The highest BCUT2D eigenvalue weighted by molar-refractivity contribution is 5.09. The van der Waals surface area contributed by atoms with E-state index in [1.165, 1.54) is 12.4 Å². The zero-order chi connectivity index (χ0) is 13.9. The Balaban J connectivity index is 1.73. The lowest BCUT2D eigenvalue weighted by Crippen LogP contribution is -2.27. The van der Waals surface area contributed by atoms with Crippen molar-refractivity contribution in [3.63, 3.8) is 0 Å². The monoisotopic (exact) mass is 278 g/mol. The lowest BCUT2D eigenvalue weighted by Gasteiger charge is -2.22. The number of alkyl halides is 2. The predicted molar refractivity (Wildman–Crippen MR) is 70.0 cm³/mol. The van der Waals surface area contributed by atoms with Crippen LogP contribution in [0.2, 0.25) is 0 Å². The average Bonchev–Trinajstić information content (AvgIpc) is 3.19. The summed E-state index contributed by atoms with van der Waals surface area (Å²) < 4.78 is 26.6. The Hall–Kier alpha value is -1.82. The Morgan fingerprint density at radius 1 is 1.30 bits per heavy atom. The summed E-state index contributed by atoms with van der Waals surface area (Å²) in [5.41, 5.74) is 1.09. The maximum Gasteiger partial charge on any atom is 0.319 e. The van der Waals surface area contributed by atoms with Gasteiger partial charge in [-0.3, -0.25) is 14.5 Å². The van der Waals surface area contributed by atoms with E-state index in [0.29, 0.717) is 25.0 Å². The fourth-order valence-corrected chi connectivity index (χ4v) is 2.31. The number of imidazole rings is 1. The van der Waals surface area contributed by atoms with Crippen molar-refractivity contribution < 1.29 is 8.78 Å². The van der Waals surface area contributed by atoms with Gasteiger partial charge in [0, 0.05) is 37.4 Å². The standard InChI is InChI=1S/C14H16F2N4/c15-14(16)20-7-6-18-13(20)10-19(12-3-4-12)9-11-2-1-5-17-8-11/h1-2,5-8,12,14H,3-4,9-10H2. The minimum absolute atomic E-state index is 0.413. The molecule has 106 valence electrons. The molecule has 0 amide bonds. The van der Waals surface area contributed by atoms with Gasteiger partial charge >= 0.3 is 6.55 Å². The lowest BCUT2D eigenvalue weighted by molar-refractivity contribution is 0.0633. The highest BCUT2D eigenvalue weighted by atomic mass is 19.3. The smallest absolute Gasteiger partial charge is 0.289 e. The van der Waals surface area contributed by atoms with Gasteiger partial charge in [-0.25, -0.2) is 4.98 Å². The molecule has 3 rings (SSSR count). The molecule has 0 aromatic carbocycles. The number of halogens is 2. The number of aromatic nitrogens is 3. The van der Waals surface area contributed by atoms with Gasteiger partial charge in [-0.2, -0.15) is 8.78 Å². The van der Waals surface area contributed by atoms with E-state index in [4.69, 9.17) is 0 Å². The van der Waals surface area contributed by atoms with Gasteiger partial charge < -0.3 is 0 Å². The minimum atomic E-state index is -2.54. The van der Waals surface area contributed by atoms with E-state index >= 15 is 0 Å². The zero-order valence-electron chi connectivity index (χ0n) is 11.0. The number of pyridine rings is 1. The van der Waals surface area contributed by atoms with Gasteiger partial charge in [-0.15, -0.1) is 0 Å². The van der Waals surface area contributed by atoms with Crippen LogP contribution in [0, 0.1) is 0 Å². The minimum Gasteiger partial charge on any atom is -0.289 e. The third-order valence-corrected chi connectivity index (χ3v) is 3.48. The second-order valence-corrected chi connectivity index (χ2v) is 5.03. The van der Waals surface area contributed by atoms with Crippen LogP contribution in [0.4, 0.5) is 8.78 Å². The highest BCUT2D eigenvalue weighted by Crippen LogP contribution is 2.30. The molecule has 1 aliphatic rings. The number of nitrogens with zero attached hydrogens (tertiary/aromatic N) is 4. The van der Waals surface area contributed by atoms with Crippen molar-refractivity contribution >= 4 is 0 Å². The van der Waals surface area contributed by atoms with Crippen LogP contribution in [0.3, 0.4) is 0 Å². The molecule has 2 aromatic rings. The number of hydrogen-bond donors (Lipinski definition) is 0. The first-order valence-electron chi connectivity index (χ1n) is 6.67. The van der Waals surface area contributed by atoms with Gasteiger partial charge in [0.1, 0.15) is 5.82 Å². The van der Waals surface area contributed by atoms with Crippen LogP contribution in [0.15, 0.2) is 36.9 Å². The molecule has 2 heterocycles. The first-order chi connectivity index (χ1) is 9.74. The molecule has 6 heteroatoms. The molecule has 0 aliphatic heterocycles. The largest absolute Gasteiger partial charge is 0.319 e. The summed E-state index contributed by atoms with van der Waals surface area (Å²) in [5, 5.41) is 0. The van der Waals surface area contributed by atoms with Crippen LogP contribution >= 0.6 is 0 Å². The Kier molecular flexibility index (Phi) is 3.73.